The molecule has 26 heavy (non-hydrogen) atoms. The molecule has 0 saturated carbocycles. The summed E-state index contributed by atoms with van der Waals surface area (Å²) in [5, 5.41) is 22.4. The minimum absolute atomic E-state index is 0.00331. The Labute approximate surface area is 156 Å². The van der Waals surface area contributed by atoms with E-state index in [0.717, 1.165) is 0 Å². The summed E-state index contributed by atoms with van der Waals surface area (Å²) < 4.78 is 5.15. The highest BCUT2D eigenvalue weighted by atomic mass is 35.5. The molecule has 0 aliphatic carbocycles. The van der Waals surface area contributed by atoms with E-state index in [9.17, 15) is 15.2 Å². The van der Waals surface area contributed by atoms with Crippen LogP contribution in [0, 0.1) is 11.3 Å². The molecule has 1 amide bonds. The highest BCUT2D eigenvalue weighted by molar-refractivity contribution is 6.34. The van der Waals surface area contributed by atoms with E-state index in [-0.39, 0.29) is 17.1 Å². The molecule has 2 aromatic carbocycles. The van der Waals surface area contributed by atoms with Crippen molar-refractivity contribution in [3.63, 3.8) is 0 Å². The molecule has 2 rings (SSSR count). The molecule has 0 atom stereocenters. The van der Waals surface area contributed by atoms with Gasteiger partial charge >= 0.3 is 0 Å². The van der Waals surface area contributed by atoms with E-state index < -0.39 is 5.91 Å². The lowest BCUT2D eigenvalue weighted by Gasteiger charge is -2.10. The second kappa shape index (κ2) is 8.75. The maximum atomic E-state index is 12.4. The standard InChI is InChI=1S/C20H17ClN2O3/c1-3-6-14-9-13(11-18(26-2)19(14)24)10-15(12-22)20(25)23-17-8-5-4-7-16(17)21/h3-5,7-11,24H,1,6H2,2H3,(H,23,25). The largest absolute Gasteiger partial charge is 0.504 e. The zero-order valence-corrected chi connectivity index (χ0v) is 14.9. The van der Waals surface area contributed by atoms with Gasteiger partial charge in [0, 0.05) is 5.56 Å². The fourth-order valence-corrected chi connectivity index (χ4v) is 2.49. The van der Waals surface area contributed by atoms with E-state index in [2.05, 4.69) is 11.9 Å². The van der Waals surface area contributed by atoms with Crippen molar-refractivity contribution in [3.8, 4) is 17.6 Å². The van der Waals surface area contributed by atoms with Gasteiger partial charge in [0.25, 0.3) is 5.91 Å². The summed E-state index contributed by atoms with van der Waals surface area (Å²) >= 11 is 6.02. The van der Waals surface area contributed by atoms with Gasteiger partial charge < -0.3 is 15.2 Å². The number of anilines is 1. The summed E-state index contributed by atoms with van der Waals surface area (Å²) in [7, 11) is 1.43. The molecule has 0 aliphatic rings. The number of nitriles is 1. The van der Waals surface area contributed by atoms with Gasteiger partial charge in [0.05, 0.1) is 17.8 Å². The van der Waals surface area contributed by atoms with Crippen LogP contribution in [0.2, 0.25) is 5.02 Å². The summed E-state index contributed by atoms with van der Waals surface area (Å²) in [6, 6.07) is 11.8. The van der Waals surface area contributed by atoms with E-state index in [1.807, 2.05) is 6.07 Å². The molecule has 0 bridgehead atoms. The van der Waals surface area contributed by atoms with Gasteiger partial charge in [-0.1, -0.05) is 29.8 Å². The highest BCUT2D eigenvalue weighted by Gasteiger charge is 2.13. The SMILES string of the molecule is C=CCc1cc(C=C(C#N)C(=O)Nc2ccccc2Cl)cc(OC)c1O. The van der Waals surface area contributed by atoms with Gasteiger partial charge in [0.15, 0.2) is 11.5 Å². The lowest BCUT2D eigenvalue weighted by molar-refractivity contribution is -0.112. The van der Waals surface area contributed by atoms with Crippen LogP contribution in [0.3, 0.4) is 0 Å². The number of amides is 1. The average Bonchev–Trinajstić information content (AvgIpc) is 2.64. The van der Waals surface area contributed by atoms with Crippen LogP contribution in [-0.2, 0) is 11.2 Å². The predicted octanol–water partition coefficient (Wildman–Crippen LogP) is 4.33. The smallest absolute Gasteiger partial charge is 0.266 e. The molecular formula is C20H17ClN2O3. The van der Waals surface area contributed by atoms with Crippen molar-refractivity contribution in [2.45, 2.75) is 6.42 Å². The second-order valence-electron chi connectivity index (χ2n) is 5.33. The molecule has 132 valence electrons. The first-order valence-electron chi connectivity index (χ1n) is 7.68. The number of methoxy groups -OCH3 is 1. The third-order valence-corrected chi connectivity index (χ3v) is 3.89. The number of nitrogens with zero attached hydrogens (tertiary/aromatic N) is 1. The monoisotopic (exact) mass is 368 g/mol. The Balaban J connectivity index is 2.37. The summed E-state index contributed by atoms with van der Waals surface area (Å²) in [6.07, 6.45) is 3.47. The molecule has 0 spiro atoms. The van der Waals surface area contributed by atoms with E-state index in [4.69, 9.17) is 16.3 Å². The van der Waals surface area contributed by atoms with E-state index in [1.165, 1.54) is 13.2 Å². The molecular weight excluding hydrogens is 352 g/mol. The third kappa shape index (κ3) is 4.44. The minimum atomic E-state index is -0.585. The number of para-hydroxylation sites is 1. The van der Waals surface area contributed by atoms with Crippen molar-refractivity contribution in [2.75, 3.05) is 12.4 Å². The number of benzene rings is 2. The van der Waals surface area contributed by atoms with Gasteiger partial charge in [-0.05, 0) is 42.3 Å². The Morgan fingerprint density at radius 1 is 1.42 bits per heavy atom. The Kier molecular flexibility index (Phi) is 6.42. The topological polar surface area (TPSA) is 82.4 Å². The number of rotatable bonds is 6. The van der Waals surface area contributed by atoms with Crippen molar-refractivity contribution in [1.29, 1.82) is 5.26 Å². The highest BCUT2D eigenvalue weighted by Crippen LogP contribution is 2.33. The minimum Gasteiger partial charge on any atom is -0.504 e. The fourth-order valence-electron chi connectivity index (χ4n) is 2.31. The Morgan fingerprint density at radius 3 is 2.77 bits per heavy atom. The molecule has 0 unspecified atom stereocenters. The van der Waals surface area contributed by atoms with Crippen LogP contribution in [0.15, 0.2) is 54.6 Å². The van der Waals surface area contributed by atoms with Crippen molar-refractivity contribution < 1.29 is 14.6 Å². The molecule has 2 aromatic rings. The molecule has 2 N–H and O–H groups in total. The normalized spacial score (nSPS) is 10.7. The maximum absolute atomic E-state index is 12.4. The van der Waals surface area contributed by atoms with Crippen molar-refractivity contribution in [1.82, 2.24) is 0 Å². The van der Waals surface area contributed by atoms with Gasteiger partial charge in [0.1, 0.15) is 11.6 Å². The van der Waals surface area contributed by atoms with E-state index >= 15 is 0 Å². The summed E-state index contributed by atoms with van der Waals surface area (Å²) in [6.45, 7) is 3.65. The van der Waals surface area contributed by atoms with Crippen LogP contribution in [0.4, 0.5) is 5.69 Å². The number of hydrogen-bond acceptors (Lipinski definition) is 4. The molecule has 0 fully saturated rings. The molecule has 0 aromatic heterocycles. The summed E-state index contributed by atoms with van der Waals surface area (Å²) in [5.74, 6) is -0.333. The summed E-state index contributed by atoms with van der Waals surface area (Å²) in [4.78, 5) is 12.4. The number of hydrogen-bond donors (Lipinski definition) is 2. The molecule has 6 heteroatoms. The Bertz CT molecular complexity index is 914. The molecule has 0 heterocycles. The van der Waals surface area contributed by atoms with Crippen LogP contribution < -0.4 is 10.1 Å². The zero-order chi connectivity index (χ0) is 19.1. The second-order valence-corrected chi connectivity index (χ2v) is 5.73. The Hall–Kier alpha value is -3.23. The number of allylic oxidation sites excluding steroid dienone is 1. The molecule has 0 radical (unpaired) electrons. The number of carbonyl (C=O) groups excluding carboxylic acids is 1. The first-order valence-corrected chi connectivity index (χ1v) is 8.06. The van der Waals surface area contributed by atoms with Gasteiger partial charge in [-0.2, -0.15) is 5.26 Å². The van der Waals surface area contributed by atoms with Crippen LogP contribution in [0.5, 0.6) is 11.5 Å². The van der Waals surface area contributed by atoms with Crippen LogP contribution in [-0.4, -0.2) is 18.1 Å². The third-order valence-electron chi connectivity index (χ3n) is 3.56. The number of ether oxygens (including phenoxy) is 1. The predicted molar refractivity (Wildman–Crippen MR) is 102 cm³/mol. The van der Waals surface area contributed by atoms with Crippen LogP contribution in [0.1, 0.15) is 11.1 Å². The molecule has 5 nitrogen and oxygen atoms in total. The number of phenols is 1. The van der Waals surface area contributed by atoms with Crippen molar-refractivity contribution >= 4 is 29.3 Å². The number of phenolic OH excluding ortho intramolecular Hbond substituents is 1. The first kappa shape index (κ1) is 19.1. The van der Waals surface area contributed by atoms with E-state index in [0.29, 0.717) is 28.3 Å². The number of carbonyl (C=O) groups is 1. The van der Waals surface area contributed by atoms with Gasteiger partial charge in [-0.25, -0.2) is 0 Å². The Morgan fingerprint density at radius 2 is 2.15 bits per heavy atom. The lowest BCUT2D eigenvalue weighted by atomic mass is 10.0. The molecule has 0 aliphatic heterocycles. The average molecular weight is 369 g/mol. The van der Waals surface area contributed by atoms with Gasteiger partial charge in [-0.15, -0.1) is 6.58 Å². The van der Waals surface area contributed by atoms with Crippen molar-refractivity contribution in [2.24, 2.45) is 0 Å². The zero-order valence-electron chi connectivity index (χ0n) is 14.1. The van der Waals surface area contributed by atoms with E-state index in [1.54, 1.807) is 42.5 Å². The fraction of sp³-hybridized carbons (Fsp3) is 0.100. The maximum Gasteiger partial charge on any atom is 0.266 e. The number of nitrogens with one attached hydrogen (secondary N) is 1. The van der Waals surface area contributed by atoms with Crippen LogP contribution >= 0.6 is 11.6 Å². The summed E-state index contributed by atoms with van der Waals surface area (Å²) in [5.41, 5.74) is 1.43. The van der Waals surface area contributed by atoms with Gasteiger partial charge in [0.2, 0.25) is 0 Å². The first-order chi connectivity index (χ1) is 12.5. The number of halogens is 1. The molecule has 0 saturated heterocycles. The van der Waals surface area contributed by atoms with Gasteiger partial charge in [-0.3, -0.25) is 4.79 Å². The lowest BCUT2D eigenvalue weighted by Crippen LogP contribution is -2.13. The number of aromatic hydroxyl groups is 1. The quantitative estimate of drug-likeness (QED) is 0.451. The van der Waals surface area contributed by atoms with Crippen molar-refractivity contribution in [3.05, 3.63) is 70.8 Å². The van der Waals surface area contributed by atoms with Crippen LogP contribution in [0.25, 0.3) is 6.08 Å².